The van der Waals surface area contributed by atoms with Crippen LogP contribution in [-0.2, 0) is 4.79 Å². The Bertz CT molecular complexity index is 195. The number of alkyl halides is 1. The van der Waals surface area contributed by atoms with E-state index in [0.29, 0.717) is 12.3 Å². The normalized spacial score (nSPS) is 15.5. The maximum Gasteiger partial charge on any atom is 0.234 e. The summed E-state index contributed by atoms with van der Waals surface area (Å²) in [5, 5.41) is 11.8. The third-order valence-corrected chi connectivity index (χ3v) is 3.88. The number of hydrogen-bond donors (Lipinski definition) is 2. The Labute approximate surface area is 101 Å². The van der Waals surface area contributed by atoms with Gasteiger partial charge in [-0.15, -0.1) is 0 Å². The number of carbonyl (C=O) groups is 1. The molecule has 0 spiro atoms. The maximum atomic E-state index is 11.7. The Morgan fingerprint density at radius 1 is 1.27 bits per heavy atom. The van der Waals surface area contributed by atoms with E-state index >= 15 is 0 Å². The molecule has 0 aliphatic heterocycles. The van der Waals surface area contributed by atoms with Crippen LogP contribution in [0.15, 0.2) is 0 Å². The van der Waals surface area contributed by atoms with Crippen molar-refractivity contribution < 1.29 is 9.90 Å². The van der Waals surface area contributed by atoms with Crippen LogP contribution in [0, 0.1) is 11.8 Å². The molecule has 2 unspecified atom stereocenters. The lowest BCUT2D eigenvalue weighted by atomic mass is 10.0. The second-order valence-electron chi connectivity index (χ2n) is 4.52. The molecule has 0 aromatic heterocycles. The van der Waals surface area contributed by atoms with Gasteiger partial charge in [-0.1, -0.05) is 43.6 Å². The van der Waals surface area contributed by atoms with Crippen molar-refractivity contribution in [2.75, 3.05) is 6.61 Å². The van der Waals surface area contributed by atoms with Gasteiger partial charge in [-0.25, -0.2) is 0 Å². The number of hydrogen-bond acceptors (Lipinski definition) is 2. The summed E-state index contributed by atoms with van der Waals surface area (Å²) in [6.07, 6.45) is 0.612. The molecule has 0 heterocycles. The first-order valence-electron chi connectivity index (χ1n) is 5.45. The lowest BCUT2D eigenvalue weighted by Gasteiger charge is -2.24. The fourth-order valence-corrected chi connectivity index (χ4v) is 1.41. The van der Waals surface area contributed by atoms with E-state index in [1.54, 1.807) is 0 Å². The largest absolute Gasteiger partial charge is 0.396 e. The van der Waals surface area contributed by atoms with Crippen molar-refractivity contribution >= 4 is 21.8 Å². The van der Waals surface area contributed by atoms with Crippen LogP contribution in [0.25, 0.3) is 0 Å². The summed E-state index contributed by atoms with van der Waals surface area (Å²) in [7, 11) is 0. The molecule has 0 saturated carbocycles. The van der Waals surface area contributed by atoms with Gasteiger partial charge in [0.15, 0.2) is 0 Å². The first-order valence-corrected chi connectivity index (χ1v) is 6.37. The van der Waals surface area contributed by atoms with E-state index in [9.17, 15) is 4.79 Å². The van der Waals surface area contributed by atoms with E-state index < -0.39 is 0 Å². The molecule has 0 aromatic rings. The highest BCUT2D eigenvalue weighted by Gasteiger charge is 2.22. The zero-order valence-corrected chi connectivity index (χ0v) is 11.5. The standard InChI is InChI=1S/C11H22BrNO2/c1-7(2)9(5-6-14)13-11(15)10(12)8(3)4/h7-10,14H,5-6H2,1-4H3,(H,13,15). The van der Waals surface area contributed by atoms with Crippen LogP contribution >= 0.6 is 15.9 Å². The summed E-state index contributed by atoms with van der Waals surface area (Å²) in [6.45, 7) is 8.18. The molecule has 0 saturated heterocycles. The van der Waals surface area contributed by atoms with Gasteiger partial charge in [0.1, 0.15) is 0 Å². The van der Waals surface area contributed by atoms with Crippen molar-refractivity contribution in [3.8, 4) is 0 Å². The molecule has 0 radical (unpaired) electrons. The van der Waals surface area contributed by atoms with Crippen LogP contribution in [-0.4, -0.2) is 28.5 Å². The summed E-state index contributed by atoms with van der Waals surface area (Å²) >= 11 is 3.36. The monoisotopic (exact) mass is 279 g/mol. The third-order valence-electron chi connectivity index (χ3n) is 2.41. The number of carbonyl (C=O) groups excluding carboxylic acids is 1. The summed E-state index contributed by atoms with van der Waals surface area (Å²) in [6, 6.07) is 0.0568. The lowest BCUT2D eigenvalue weighted by Crippen LogP contribution is -2.44. The van der Waals surface area contributed by atoms with Crippen molar-refractivity contribution in [1.82, 2.24) is 5.32 Å². The van der Waals surface area contributed by atoms with Crippen LogP contribution in [0.1, 0.15) is 34.1 Å². The Morgan fingerprint density at radius 2 is 1.80 bits per heavy atom. The summed E-state index contributed by atoms with van der Waals surface area (Å²) in [4.78, 5) is 11.6. The predicted molar refractivity (Wildman–Crippen MR) is 66.0 cm³/mol. The smallest absolute Gasteiger partial charge is 0.234 e. The van der Waals surface area contributed by atoms with Crippen LogP contribution in [0.5, 0.6) is 0 Å². The van der Waals surface area contributed by atoms with Crippen molar-refractivity contribution in [3.05, 3.63) is 0 Å². The van der Waals surface area contributed by atoms with Gasteiger partial charge in [-0.2, -0.15) is 0 Å². The summed E-state index contributed by atoms with van der Waals surface area (Å²) in [5.74, 6) is 0.622. The van der Waals surface area contributed by atoms with Gasteiger partial charge in [-0.05, 0) is 18.3 Å². The number of aliphatic hydroxyl groups excluding tert-OH is 1. The quantitative estimate of drug-likeness (QED) is 0.730. The SMILES string of the molecule is CC(C)C(CCO)NC(=O)C(Br)C(C)C. The molecule has 0 aliphatic carbocycles. The first-order chi connectivity index (χ1) is 6.90. The van der Waals surface area contributed by atoms with Gasteiger partial charge in [0.05, 0.1) is 4.83 Å². The first kappa shape index (κ1) is 14.9. The molecule has 4 heteroatoms. The molecule has 90 valence electrons. The van der Waals surface area contributed by atoms with E-state index in [1.165, 1.54) is 0 Å². The molecular weight excluding hydrogens is 258 g/mol. The molecule has 0 aromatic carbocycles. The average Bonchev–Trinajstić information content (AvgIpc) is 2.15. The van der Waals surface area contributed by atoms with Crippen LogP contribution in [0.4, 0.5) is 0 Å². The molecule has 0 aliphatic rings. The van der Waals surface area contributed by atoms with Crippen molar-refractivity contribution in [1.29, 1.82) is 0 Å². The molecule has 2 atom stereocenters. The Kier molecular flexibility index (Phi) is 7.18. The van der Waals surface area contributed by atoms with E-state index in [-0.39, 0.29) is 29.3 Å². The molecule has 1 amide bonds. The fraction of sp³-hybridized carbons (Fsp3) is 0.909. The van der Waals surface area contributed by atoms with Crippen LogP contribution < -0.4 is 5.32 Å². The average molecular weight is 280 g/mol. The Balaban J connectivity index is 4.22. The van der Waals surface area contributed by atoms with Gasteiger partial charge >= 0.3 is 0 Å². The minimum atomic E-state index is -0.155. The maximum absolute atomic E-state index is 11.7. The molecule has 3 nitrogen and oxygen atoms in total. The van der Waals surface area contributed by atoms with E-state index in [1.807, 2.05) is 27.7 Å². The van der Waals surface area contributed by atoms with Gasteiger partial charge in [0.2, 0.25) is 5.91 Å². The zero-order valence-electron chi connectivity index (χ0n) is 9.96. The zero-order chi connectivity index (χ0) is 12.0. The van der Waals surface area contributed by atoms with Gasteiger partial charge < -0.3 is 10.4 Å². The third kappa shape index (κ3) is 5.52. The van der Waals surface area contributed by atoms with Crippen molar-refractivity contribution in [2.45, 2.75) is 45.0 Å². The van der Waals surface area contributed by atoms with Crippen LogP contribution in [0.2, 0.25) is 0 Å². The lowest BCUT2D eigenvalue weighted by molar-refractivity contribution is -0.122. The second-order valence-corrected chi connectivity index (χ2v) is 5.50. The van der Waals surface area contributed by atoms with Gasteiger partial charge in [0, 0.05) is 12.6 Å². The molecule has 0 rings (SSSR count). The van der Waals surface area contributed by atoms with E-state index in [2.05, 4.69) is 21.2 Å². The van der Waals surface area contributed by atoms with E-state index in [4.69, 9.17) is 5.11 Å². The van der Waals surface area contributed by atoms with Gasteiger partial charge in [-0.3, -0.25) is 4.79 Å². The topological polar surface area (TPSA) is 49.3 Å². The van der Waals surface area contributed by atoms with Gasteiger partial charge in [0.25, 0.3) is 0 Å². The number of amides is 1. The summed E-state index contributed by atoms with van der Waals surface area (Å²) in [5.41, 5.74) is 0. The molecule has 0 bridgehead atoms. The number of aliphatic hydroxyl groups is 1. The van der Waals surface area contributed by atoms with Crippen LogP contribution in [0.3, 0.4) is 0 Å². The minimum absolute atomic E-state index is 0.0113. The Hall–Kier alpha value is -0.0900. The molecular formula is C11H22BrNO2. The second kappa shape index (κ2) is 7.23. The van der Waals surface area contributed by atoms with Crippen molar-refractivity contribution in [3.63, 3.8) is 0 Å². The molecule has 0 fully saturated rings. The fourth-order valence-electron chi connectivity index (χ4n) is 1.28. The molecule has 2 N–H and O–H groups in total. The highest BCUT2D eigenvalue weighted by molar-refractivity contribution is 9.10. The van der Waals surface area contributed by atoms with Crippen molar-refractivity contribution in [2.24, 2.45) is 11.8 Å². The summed E-state index contributed by atoms with van der Waals surface area (Å²) < 4.78 is 0. The highest BCUT2D eigenvalue weighted by atomic mass is 79.9. The number of halogens is 1. The Morgan fingerprint density at radius 3 is 2.13 bits per heavy atom. The number of nitrogens with one attached hydrogen (secondary N) is 1. The predicted octanol–water partition coefficient (Wildman–Crippen LogP) is 1.93. The van der Waals surface area contributed by atoms with E-state index in [0.717, 1.165) is 0 Å². The number of rotatable bonds is 6. The molecule has 15 heavy (non-hydrogen) atoms. The minimum Gasteiger partial charge on any atom is -0.396 e. The highest BCUT2D eigenvalue weighted by Crippen LogP contribution is 2.14.